The lowest BCUT2D eigenvalue weighted by Crippen LogP contribution is -2.35. The molecule has 33 heavy (non-hydrogen) atoms. The summed E-state index contributed by atoms with van der Waals surface area (Å²) >= 11 is 0. The van der Waals surface area contributed by atoms with Crippen molar-refractivity contribution in [3.8, 4) is 0 Å². The van der Waals surface area contributed by atoms with Gasteiger partial charge in [-0.1, -0.05) is 123 Å². The molecule has 0 radical (unpaired) electrons. The van der Waals surface area contributed by atoms with Crippen molar-refractivity contribution in [3.63, 3.8) is 0 Å². The van der Waals surface area contributed by atoms with Crippen LogP contribution < -0.4 is 0 Å². The van der Waals surface area contributed by atoms with E-state index in [4.69, 9.17) is 9.79 Å². The van der Waals surface area contributed by atoms with Crippen molar-refractivity contribution >= 4 is 7.82 Å². The highest BCUT2D eigenvalue weighted by Crippen LogP contribution is 2.35. The summed E-state index contributed by atoms with van der Waals surface area (Å²) in [5.74, 6) is 0. The predicted molar refractivity (Wildman–Crippen MR) is 145 cm³/mol. The van der Waals surface area contributed by atoms with Gasteiger partial charge in [-0.3, -0.25) is 4.52 Å². The number of phosphoric ester groups is 1. The Kier molecular flexibility index (Phi) is 26.9. The number of phosphoric acid groups is 1. The molecular formula is C27H61NO4P+. The van der Waals surface area contributed by atoms with E-state index in [0.717, 1.165) is 23.7 Å². The van der Waals surface area contributed by atoms with Gasteiger partial charge in [0.2, 0.25) is 0 Å². The summed E-state index contributed by atoms with van der Waals surface area (Å²) in [6.07, 6.45) is 26.4. The average Bonchev–Trinajstić information content (AvgIpc) is 2.72. The number of hydrogen-bond donors (Lipinski definition) is 2. The topological polar surface area (TPSA) is 66.8 Å². The van der Waals surface area contributed by atoms with Crippen molar-refractivity contribution in [2.24, 2.45) is 0 Å². The van der Waals surface area contributed by atoms with E-state index in [-0.39, 0.29) is 6.61 Å². The van der Waals surface area contributed by atoms with Crippen LogP contribution >= 0.6 is 7.82 Å². The third-order valence-electron chi connectivity index (χ3n) is 5.94. The summed E-state index contributed by atoms with van der Waals surface area (Å²) in [4.78, 5) is 16.9. The van der Waals surface area contributed by atoms with Crippen LogP contribution in [0.25, 0.3) is 0 Å². The molecule has 0 spiro atoms. The van der Waals surface area contributed by atoms with Crippen LogP contribution in [0, 0.1) is 0 Å². The fraction of sp³-hybridized carbons (Fsp3) is 1.00. The fourth-order valence-corrected chi connectivity index (χ4v) is 4.21. The SMILES string of the molecule is CCCCCCCCCCCCOP(=O)(O)O.CCCCCCCCCCCC[N+](C)(C)C. The maximum Gasteiger partial charge on any atom is 0.469 e. The Bertz CT molecular complexity index is 421. The van der Waals surface area contributed by atoms with Crippen LogP contribution in [0.4, 0.5) is 0 Å². The second-order valence-electron chi connectivity index (χ2n) is 10.7. The molecule has 0 atom stereocenters. The van der Waals surface area contributed by atoms with Crippen molar-refractivity contribution in [3.05, 3.63) is 0 Å². The van der Waals surface area contributed by atoms with Crippen LogP contribution in [0.2, 0.25) is 0 Å². The van der Waals surface area contributed by atoms with Gasteiger partial charge in [0.15, 0.2) is 0 Å². The molecule has 0 saturated heterocycles. The van der Waals surface area contributed by atoms with Crippen LogP contribution in [0.1, 0.15) is 142 Å². The lowest BCUT2D eigenvalue weighted by molar-refractivity contribution is -0.870. The molecule has 6 heteroatoms. The van der Waals surface area contributed by atoms with Gasteiger partial charge in [0, 0.05) is 0 Å². The number of nitrogens with zero attached hydrogens (tertiary/aromatic N) is 1. The molecule has 0 aromatic carbocycles. The first-order valence-electron chi connectivity index (χ1n) is 14.1. The van der Waals surface area contributed by atoms with Crippen LogP contribution in [0.15, 0.2) is 0 Å². The van der Waals surface area contributed by atoms with E-state index in [9.17, 15) is 4.57 Å². The Morgan fingerprint density at radius 1 is 0.545 bits per heavy atom. The zero-order valence-corrected chi connectivity index (χ0v) is 24.1. The van der Waals surface area contributed by atoms with Crippen molar-refractivity contribution in [1.29, 1.82) is 0 Å². The first-order valence-corrected chi connectivity index (χ1v) is 15.7. The second kappa shape index (κ2) is 25.2. The summed E-state index contributed by atoms with van der Waals surface area (Å²) < 4.78 is 15.9. The van der Waals surface area contributed by atoms with Gasteiger partial charge < -0.3 is 14.3 Å². The Balaban J connectivity index is 0. The molecule has 0 saturated carbocycles. The fourth-order valence-electron chi connectivity index (χ4n) is 3.85. The molecule has 0 aliphatic heterocycles. The second-order valence-corrected chi connectivity index (χ2v) is 11.9. The Hall–Kier alpha value is 0.0700. The molecule has 0 rings (SSSR count). The lowest BCUT2D eigenvalue weighted by atomic mass is 10.1. The maximum absolute atomic E-state index is 10.4. The van der Waals surface area contributed by atoms with Gasteiger partial charge in [-0.2, -0.15) is 0 Å². The molecule has 202 valence electrons. The molecule has 0 unspecified atom stereocenters. The Morgan fingerprint density at radius 3 is 1.15 bits per heavy atom. The molecule has 2 N–H and O–H groups in total. The zero-order chi connectivity index (χ0) is 25.3. The van der Waals surface area contributed by atoms with Crippen LogP contribution in [0.5, 0.6) is 0 Å². The van der Waals surface area contributed by atoms with Gasteiger partial charge in [-0.25, -0.2) is 4.57 Å². The van der Waals surface area contributed by atoms with Gasteiger partial charge in [0.1, 0.15) is 0 Å². The number of rotatable bonds is 23. The minimum absolute atomic E-state index is 0.167. The van der Waals surface area contributed by atoms with Crippen LogP contribution in [-0.2, 0) is 9.09 Å². The summed E-state index contributed by atoms with van der Waals surface area (Å²) in [6, 6.07) is 0. The molecule has 0 aliphatic carbocycles. The average molecular weight is 495 g/mol. The Morgan fingerprint density at radius 2 is 0.848 bits per heavy atom. The van der Waals surface area contributed by atoms with Crippen LogP contribution in [0.3, 0.4) is 0 Å². The van der Waals surface area contributed by atoms with E-state index in [1.54, 1.807) is 0 Å². The van der Waals surface area contributed by atoms with E-state index in [1.165, 1.54) is 116 Å². The summed E-state index contributed by atoms with van der Waals surface area (Å²) in [5.41, 5.74) is 0. The molecule has 5 nitrogen and oxygen atoms in total. The third-order valence-corrected chi connectivity index (χ3v) is 6.46. The molecule has 0 fully saturated rings. The molecule has 0 aliphatic rings. The molecule has 0 aromatic rings. The first kappa shape index (κ1) is 35.2. The van der Waals surface area contributed by atoms with Crippen molar-refractivity contribution in [1.82, 2.24) is 0 Å². The van der Waals surface area contributed by atoms with Gasteiger partial charge in [-0.05, 0) is 19.3 Å². The predicted octanol–water partition coefficient (Wildman–Crippen LogP) is 8.63. The molecule has 0 aromatic heterocycles. The number of quaternary nitrogens is 1. The maximum atomic E-state index is 10.4. The van der Waals surface area contributed by atoms with Gasteiger partial charge in [0.05, 0.1) is 34.3 Å². The minimum atomic E-state index is -4.24. The molecular weight excluding hydrogens is 433 g/mol. The van der Waals surface area contributed by atoms with Gasteiger partial charge in [0.25, 0.3) is 0 Å². The molecule has 0 bridgehead atoms. The monoisotopic (exact) mass is 494 g/mol. The summed E-state index contributed by atoms with van der Waals surface area (Å²) in [5, 5.41) is 0. The largest absolute Gasteiger partial charge is 0.469 e. The highest BCUT2D eigenvalue weighted by Gasteiger charge is 2.12. The number of hydrogen-bond acceptors (Lipinski definition) is 2. The summed E-state index contributed by atoms with van der Waals surface area (Å²) in [7, 11) is 2.61. The lowest BCUT2D eigenvalue weighted by Gasteiger charge is -2.23. The highest BCUT2D eigenvalue weighted by atomic mass is 31.2. The minimum Gasteiger partial charge on any atom is -0.331 e. The van der Waals surface area contributed by atoms with Crippen molar-refractivity contribution in [2.45, 2.75) is 142 Å². The van der Waals surface area contributed by atoms with E-state index in [2.05, 4.69) is 39.5 Å². The van der Waals surface area contributed by atoms with E-state index in [0.29, 0.717) is 0 Å². The summed E-state index contributed by atoms with van der Waals surface area (Å²) in [6.45, 7) is 6.00. The van der Waals surface area contributed by atoms with Gasteiger partial charge >= 0.3 is 7.82 Å². The van der Waals surface area contributed by atoms with Crippen LogP contribution in [-0.4, -0.2) is 48.6 Å². The standard InChI is InChI=1S/C15H34N.C12H27O4P/c1-5-6-7-8-9-10-11-12-13-14-15-16(2,3)4;1-2-3-4-5-6-7-8-9-10-11-12-16-17(13,14)15/h5-15H2,1-4H3;2-12H2,1H3,(H2,13,14,15)/q+1;. The van der Waals surface area contributed by atoms with E-state index >= 15 is 0 Å². The highest BCUT2D eigenvalue weighted by molar-refractivity contribution is 7.46. The Labute approximate surface area is 207 Å². The van der Waals surface area contributed by atoms with Gasteiger partial charge in [-0.15, -0.1) is 0 Å². The van der Waals surface area contributed by atoms with E-state index < -0.39 is 7.82 Å². The quantitative estimate of drug-likeness (QED) is 0.0847. The number of unbranched alkanes of at least 4 members (excludes halogenated alkanes) is 18. The third kappa shape index (κ3) is 39.6. The van der Waals surface area contributed by atoms with E-state index in [1.807, 2.05) is 0 Å². The first-order chi connectivity index (χ1) is 15.6. The smallest absolute Gasteiger partial charge is 0.331 e. The normalized spacial score (nSPS) is 12.0. The molecule has 0 heterocycles. The molecule has 0 amide bonds. The zero-order valence-electron chi connectivity index (χ0n) is 23.2. The van der Waals surface area contributed by atoms with Crippen molar-refractivity contribution in [2.75, 3.05) is 34.3 Å². The van der Waals surface area contributed by atoms with Crippen molar-refractivity contribution < 1.29 is 23.4 Å².